The highest BCUT2D eigenvalue weighted by atomic mass is 19.1. The van der Waals surface area contributed by atoms with Crippen LogP contribution >= 0.6 is 0 Å². The van der Waals surface area contributed by atoms with Gasteiger partial charge >= 0.3 is 0 Å². The van der Waals surface area contributed by atoms with Gasteiger partial charge in [0.25, 0.3) is 0 Å². The van der Waals surface area contributed by atoms with Gasteiger partial charge in [0.1, 0.15) is 5.82 Å². The van der Waals surface area contributed by atoms with Gasteiger partial charge in [0, 0.05) is 23.4 Å². The number of rotatable bonds is 3. The Morgan fingerprint density at radius 2 is 1.89 bits per heavy atom. The van der Waals surface area contributed by atoms with Gasteiger partial charge in [-0.15, -0.1) is 0 Å². The molecule has 2 rings (SSSR count). The summed E-state index contributed by atoms with van der Waals surface area (Å²) >= 11 is 0. The quantitative estimate of drug-likeness (QED) is 0.901. The van der Waals surface area contributed by atoms with Crippen molar-refractivity contribution in [2.45, 2.75) is 26.4 Å². The van der Waals surface area contributed by atoms with Crippen LogP contribution in [-0.2, 0) is 6.42 Å². The lowest BCUT2D eigenvalue weighted by Crippen LogP contribution is -2.06. The number of hydrogen-bond acceptors (Lipinski definition) is 2. The van der Waals surface area contributed by atoms with Crippen molar-refractivity contribution in [2.24, 2.45) is 0 Å². The van der Waals surface area contributed by atoms with Crippen molar-refractivity contribution in [3.63, 3.8) is 0 Å². The highest BCUT2D eigenvalue weighted by Crippen LogP contribution is 2.22. The van der Waals surface area contributed by atoms with Crippen LogP contribution in [0.2, 0.25) is 0 Å². The average Bonchev–Trinajstić information content (AvgIpc) is 2.32. The van der Waals surface area contributed by atoms with Crippen LogP contribution in [0.1, 0.15) is 28.6 Å². The van der Waals surface area contributed by atoms with E-state index in [1.807, 2.05) is 26.0 Å². The van der Waals surface area contributed by atoms with Gasteiger partial charge in [-0.1, -0.05) is 24.3 Å². The molecule has 0 radical (unpaired) electrons. The second-order valence-corrected chi connectivity index (χ2v) is 4.44. The van der Waals surface area contributed by atoms with E-state index in [1.165, 1.54) is 6.07 Å². The molecule has 18 heavy (non-hydrogen) atoms. The Balaban J connectivity index is 2.22. The minimum Gasteiger partial charge on any atom is -0.388 e. The second-order valence-electron chi connectivity index (χ2n) is 4.44. The molecule has 1 N–H and O–H groups in total. The molecule has 3 heteroatoms. The third-order valence-corrected chi connectivity index (χ3v) is 3.00. The highest BCUT2D eigenvalue weighted by Gasteiger charge is 2.14. The fourth-order valence-electron chi connectivity index (χ4n) is 2.03. The third kappa shape index (κ3) is 2.74. The summed E-state index contributed by atoms with van der Waals surface area (Å²) < 4.78 is 13.5. The number of halogens is 1. The van der Waals surface area contributed by atoms with Crippen LogP contribution < -0.4 is 0 Å². The van der Waals surface area contributed by atoms with Crippen molar-refractivity contribution in [1.29, 1.82) is 0 Å². The standard InChI is InChI=1S/C15H16FNO/c1-10-7-8-13(11(2)17-10)15(18)9-12-5-3-4-6-14(12)16/h3-8,15,18H,9H2,1-2H3. The number of hydrogen-bond donors (Lipinski definition) is 1. The summed E-state index contributed by atoms with van der Waals surface area (Å²) in [7, 11) is 0. The molecule has 0 saturated carbocycles. The van der Waals surface area contributed by atoms with Gasteiger partial charge in [-0.3, -0.25) is 4.98 Å². The molecule has 1 atom stereocenters. The van der Waals surface area contributed by atoms with E-state index >= 15 is 0 Å². The van der Waals surface area contributed by atoms with Crippen LogP contribution in [0.3, 0.4) is 0 Å². The minimum atomic E-state index is -0.727. The fourth-order valence-corrected chi connectivity index (χ4v) is 2.03. The molecule has 2 aromatic rings. The van der Waals surface area contributed by atoms with Crippen LogP contribution in [0, 0.1) is 19.7 Å². The number of benzene rings is 1. The predicted molar refractivity (Wildman–Crippen MR) is 68.8 cm³/mol. The minimum absolute atomic E-state index is 0.262. The number of aliphatic hydroxyl groups excluding tert-OH is 1. The first kappa shape index (κ1) is 12.7. The summed E-state index contributed by atoms with van der Waals surface area (Å²) in [5.41, 5.74) is 2.97. The molecule has 1 aromatic heterocycles. The van der Waals surface area contributed by atoms with Crippen molar-refractivity contribution < 1.29 is 9.50 Å². The van der Waals surface area contributed by atoms with Crippen LogP contribution in [-0.4, -0.2) is 10.1 Å². The zero-order chi connectivity index (χ0) is 13.1. The van der Waals surface area contributed by atoms with Gasteiger partial charge in [-0.05, 0) is 31.5 Å². The Morgan fingerprint density at radius 1 is 1.17 bits per heavy atom. The van der Waals surface area contributed by atoms with Gasteiger partial charge in [-0.25, -0.2) is 4.39 Å². The molecule has 2 nitrogen and oxygen atoms in total. The molecular formula is C15H16FNO. The number of aliphatic hydroxyl groups is 1. The lowest BCUT2D eigenvalue weighted by atomic mass is 10.00. The molecular weight excluding hydrogens is 229 g/mol. The van der Waals surface area contributed by atoms with Gasteiger partial charge in [0.05, 0.1) is 6.10 Å². The van der Waals surface area contributed by atoms with Crippen molar-refractivity contribution in [1.82, 2.24) is 4.98 Å². The van der Waals surface area contributed by atoms with Crippen LogP contribution in [0.5, 0.6) is 0 Å². The smallest absolute Gasteiger partial charge is 0.126 e. The Morgan fingerprint density at radius 3 is 2.56 bits per heavy atom. The number of pyridine rings is 1. The summed E-state index contributed by atoms with van der Waals surface area (Å²) in [6.45, 7) is 3.76. The van der Waals surface area contributed by atoms with E-state index in [1.54, 1.807) is 18.2 Å². The van der Waals surface area contributed by atoms with Crippen molar-refractivity contribution in [2.75, 3.05) is 0 Å². The van der Waals surface area contributed by atoms with E-state index in [-0.39, 0.29) is 12.2 Å². The maximum absolute atomic E-state index is 13.5. The van der Waals surface area contributed by atoms with E-state index in [0.717, 1.165) is 17.0 Å². The monoisotopic (exact) mass is 245 g/mol. The van der Waals surface area contributed by atoms with E-state index in [9.17, 15) is 9.50 Å². The van der Waals surface area contributed by atoms with Crippen LogP contribution in [0.25, 0.3) is 0 Å². The predicted octanol–water partition coefficient (Wildman–Crippen LogP) is 3.11. The second kappa shape index (κ2) is 5.27. The molecule has 0 fully saturated rings. The summed E-state index contributed by atoms with van der Waals surface area (Å²) in [6, 6.07) is 10.2. The Bertz CT molecular complexity index is 554. The van der Waals surface area contributed by atoms with Gasteiger partial charge in [-0.2, -0.15) is 0 Å². The summed E-state index contributed by atoms with van der Waals surface area (Å²) in [4.78, 5) is 4.30. The zero-order valence-corrected chi connectivity index (χ0v) is 10.5. The maximum Gasteiger partial charge on any atom is 0.126 e. The fraction of sp³-hybridized carbons (Fsp3) is 0.267. The van der Waals surface area contributed by atoms with Gasteiger partial charge in [0.2, 0.25) is 0 Å². The molecule has 1 unspecified atom stereocenters. The molecule has 0 aliphatic carbocycles. The molecule has 94 valence electrons. The van der Waals surface area contributed by atoms with Crippen LogP contribution in [0.15, 0.2) is 36.4 Å². The average molecular weight is 245 g/mol. The van der Waals surface area contributed by atoms with Gasteiger partial charge < -0.3 is 5.11 Å². The molecule has 0 aliphatic rings. The number of aryl methyl sites for hydroxylation is 2. The lowest BCUT2D eigenvalue weighted by molar-refractivity contribution is 0.176. The summed E-state index contributed by atoms with van der Waals surface area (Å²) in [5, 5.41) is 10.2. The van der Waals surface area contributed by atoms with Crippen molar-refractivity contribution >= 4 is 0 Å². The summed E-state index contributed by atoms with van der Waals surface area (Å²) in [5.74, 6) is -0.283. The maximum atomic E-state index is 13.5. The molecule has 0 bridgehead atoms. The first-order chi connectivity index (χ1) is 8.58. The molecule has 1 heterocycles. The first-order valence-corrected chi connectivity index (χ1v) is 5.93. The van der Waals surface area contributed by atoms with Crippen molar-refractivity contribution in [3.8, 4) is 0 Å². The Kier molecular flexibility index (Phi) is 3.72. The van der Waals surface area contributed by atoms with E-state index in [2.05, 4.69) is 4.98 Å². The largest absolute Gasteiger partial charge is 0.388 e. The van der Waals surface area contributed by atoms with E-state index < -0.39 is 6.10 Å². The highest BCUT2D eigenvalue weighted by molar-refractivity contribution is 5.27. The Hall–Kier alpha value is -1.74. The molecule has 0 amide bonds. The first-order valence-electron chi connectivity index (χ1n) is 5.93. The normalized spacial score (nSPS) is 12.4. The van der Waals surface area contributed by atoms with Gasteiger partial charge in [0.15, 0.2) is 0 Å². The Labute approximate surface area is 106 Å². The third-order valence-electron chi connectivity index (χ3n) is 3.00. The van der Waals surface area contributed by atoms with Crippen molar-refractivity contribution in [3.05, 3.63) is 64.7 Å². The van der Waals surface area contributed by atoms with Crippen LogP contribution in [0.4, 0.5) is 4.39 Å². The van der Waals surface area contributed by atoms with E-state index in [4.69, 9.17) is 0 Å². The number of aromatic nitrogens is 1. The molecule has 0 spiro atoms. The number of nitrogens with zero attached hydrogens (tertiary/aromatic N) is 1. The molecule has 0 saturated heterocycles. The summed E-state index contributed by atoms with van der Waals surface area (Å²) in [6.07, 6.45) is -0.465. The zero-order valence-electron chi connectivity index (χ0n) is 10.5. The topological polar surface area (TPSA) is 33.1 Å². The molecule has 0 aliphatic heterocycles. The van der Waals surface area contributed by atoms with E-state index in [0.29, 0.717) is 5.56 Å². The SMILES string of the molecule is Cc1ccc(C(O)Cc2ccccc2F)c(C)n1. The lowest BCUT2D eigenvalue weighted by Gasteiger charge is -2.14. The molecule has 1 aromatic carbocycles.